The molecule has 2 aromatic rings. The van der Waals surface area contributed by atoms with Crippen LogP contribution in [0.5, 0.6) is 11.5 Å². The van der Waals surface area contributed by atoms with E-state index in [1.807, 2.05) is 32.8 Å². The first-order chi connectivity index (χ1) is 22.9. The molecule has 266 valence electrons. The number of carbonyl (C=O) groups is 3. The third kappa shape index (κ3) is 12.0. The molecule has 12 nitrogen and oxygen atoms in total. The Bertz CT molecular complexity index is 1320. The van der Waals surface area contributed by atoms with Gasteiger partial charge in [-0.2, -0.15) is 0 Å². The molecule has 12 heteroatoms. The first-order valence-electron chi connectivity index (χ1n) is 16.9. The van der Waals surface area contributed by atoms with E-state index in [0.29, 0.717) is 54.4 Å². The lowest BCUT2D eigenvalue weighted by Gasteiger charge is -2.35. The van der Waals surface area contributed by atoms with Gasteiger partial charge in [-0.15, -0.1) is 0 Å². The molecule has 0 saturated heterocycles. The van der Waals surface area contributed by atoms with Crippen molar-refractivity contribution < 1.29 is 33.7 Å². The summed E-state index contributed by atoms with van der Waals surface area (Å²) in [6.45, 7) is 7.33. The van der Waals surface area contributed by atoms with Crippen LogP contribution in [0.4, 0.5) is 16.2 Å². The van der Waals surface area contributed by atoms with Gasteiger partial charge in [0, 0.05) is 50.5 Å². The van der Waals surface area contributed by atoms with Crippen LogP contribution in [0.15, 0.2) is 42.5 Å². The molecule has 0 radical (unpaired) electrons. The fourth-order valence-corrected chi connectivity index (χ4v) is 5.49. The lowest BCUT2D eigenvalue weighted by molar-refractivity contribution is -0.116. The van der Waals surface area contributed by atoms with Crippen LogP contribution in [0.25, 0.3) is 0 Å². The second-order valence-electron chi connectivity index (χ2n) is 13.0. The molecular weight excluding hydrogens is 614 g/mol. The zero-order chi connectivity index (χ0) is 35.2. The number of aliphatic hydroxyl groups is 1. The fourth-order valence-electron chi connectivity index (χ4n) is 5.49. The Balaban J connectivity index is 1.85. The summed E-state index contributed by atoms with van der Waals surface area (Å²) in [6, 6.07) is 11.4. The summed E-state index contributed by atoms with van der Waals surface area (Å²) in [5, 5.41) is 16.1. The molecule has 4 atom stereocenters. The minimum Gasteiger partial charge on any atom is -0.497 e. The van der Waals surface area contributed by atoms with Crippen LogP contribution in [0.3, 0.4) is 0 Å². The van der Waals surface area contributed by atoms with Crippen molar-refractivity contribution in [1.82, 2.24) is 14.7 Å². The predicted octanol–water partition coefficient (Wildman–Crippen LogP) is 4.93. The zero-order valence-electron chi connectivity index (χ0n) is 29.7. The maximum absolute atomic E-state index is 14.3. The summed E-state index contributed by atoms with van der Waals surface area (Å²) in [5.74, 6) is 0.467. The quantitative estimate of drug-likeness (QED) is 0.307. The Morgan fingerprint density at radius 2 is 1.77 bits per heavy atom. The van der Waals surface area contributed by atoms with Crippen LogP contribution in [0.1, 0.15) is 63.2 Å². The molecule has 0 spiro atoms. The summed E-state index contributed by atoms with van der Waals surface area (Å²) in [7, 11) is 7.23. The van der Waals surface area contributed by atoms with Crippen LogP contribution in [-0.4, -0.2) is 117 Å². The van der Waals surface area contributed by atoms with Crippen molar-refractivity contribution in [1.29, 1.82) is 0 Å². The largest absolute Gasteiger partial charge is 0.497 e. The van der Waals surface area contributed by atoms with Crippen molar-refractivity contribution in [2.45, 2.75) is 71.1 Å². The molecular formula is C36H55N5O7. The van der Waals surface area contributed by atoms with E-state index in [1.54, 1.807) is 73.3 Å². The smallest absolute Gasteiger partial charge is 0.321 e. The maximum atomic E-state index is 14.3. The highest BCUT2D eigenvalue weighted by atomic mass is 16.5. The van der Waals surface area contributed by atoms with E-state index in [4.69, 9.17) is 14.2 Å². The highest BCUT2D eigenvalue weighted by Gasteiger charge is 2.31. The zero-order valence-corrected chi connectivity index (χ0v) is 29.7. The van der Waals surface area contributed by atoms with Gasteiger partial charge in [-0.1, -0.05) is 6.92 Å². The van der Waals surface area contributed by atoms with Gasteiger partial charge in [0.05, 0.1) is 37.5 Å². The number of ether oxygens (including phenoxy) is 3. The first kappa shape index (κ1) is 38.6. The second-order valence-corrected chi connectivity index (χ2v) is 13.0. The Labute approximate surface area is 285 Å². The highest BCUT2D eigenvalue weighted by Crippen LogP contribution is 2.29. The van der Waals surface area contributed by atoms with Gasteiger partial charge in [0.15, 0.2) is 0 Å². The summed E-state index contributed by atoms with van der Waals surface area (Å²) in [4.78, 5) is 45.4. The van der Waals surface area contributed by atoms with Crippen LogP contribution >= 0.6 is 0 Å². The molecule has 2 aromatic carbocycles. The van der Waals surface area contributed by atoms with Crippen LogP contribution < -0.4 is 20.1 Å². The number of carbonyl (C=O) groups excluding carboxylic acids is 3. The Kier molecular flexibility index (Phi) is 15.4. The predicted molar refractivity (Wildman–Crippen MR) is 188 cm³/mol. The molecule has 0 aromatic heterocycles. The van der Waals surface area contributed by atoms with Crippen LogP contribution in [0.2, 0.25) is 0 Å². The molecule has 1 aliphatic heterocycles. The van der Waals surface area contributed by atoms with Gasteiger partial charge in [-0.3, -0.25) is 9.59 Å². The molecule has 0 unspecified atom stereocenters. The molecule has 3 N–H and O–H groups in total. The lowest BCUT2D eigenvalue weighted by atomic mass is 10.0. The minimum absolute atomic E-state index is 0.131. The minimum atomic E-state index is -0.515. The Morgan fingerprint density at radius 1 is 1.06 bits per heavy atom. The van der Waals surface area contributed by atoms with Gasteiger partial charge >= 0.3 is 6.03 Å². The van der Waals surface area contributed by atoms with Gasteiger partial charge < -0.3 is 44.7 Å². The maximum Gasteiger partial charge on any atom is 0.321 e. The third-order valence-electron chi connectivity index (χ3n) is 8.49. The molecule has 48 heavy (non-hydrogen) atoms. The molecule has 1 heterocycles. The van der Waals surface area contributed by atoms with E-state index in [2.05, 4.69) is 10.6 Å². The van der Waals surface area contributed by atoms with Crippen molar-refractivity contribution in [3.63, 3.8) is 0 Å². The van der Waals surface area contributed by atoms with E-state index in [-0.39, 0.29) is 49.1 Å². The van der Waals surface area contributed by atoms with Crippen molar-refractivity contribution in [3.05, 3.63) is 48.0 Å². The molecule has 3 rings (SSSR count). The van der Waals surface area contributed by atoms with Crippen molar-refractivity contribution in [2.75, 3.05) is 71.7 Å². The fraction of sp³-hybridized carbons (Fsp3) is 0.583. The molecule has 4 amide bonds. The number of rotatable bonds is 11. The average Bonchev–Trinajstić information content (AvgIpc) is 3.06. The van der Waals surface area contributed by atoms with Crippen LogP contribution in [-0.2, 0) is 9.53 Å². The first-order valence-corrected chi connectivity index (χ1v) is 16.9. The number of likely N-dealkylation sites (N-methyl/N-ethyl adjacent to an activating group) is 1. The van der Waals surface area contributed by atoms with Gasteiger partial charge in [-0.25, -0.2) is 4.79 Å². The van der Waals surface area contributed by atoms with E-state index < -0.39 is 6.04 Å². The van der Waals surface area contributed by atoms with Gasteiger partial charge in [0.25, 0.3) is 5.91 Å². The molecule has 0 aliphatic carbocycles. The number of nitrogens with zero attached hydrogens (tertiary/aromatic N) is 3. The van der Waals surface area contributed by atoms with Crippen molar-refractivity contribution >= 4 is 29.2 Å². The van der Waals surface area contributed by atoms with E-state index in [1.165, 1.54) is 0 Å². The monoisotopic (exact) mass is 669 g/mol. The number of methoxy groups -OCH3 is 1. The summed E-state index contributed by atoms with van der Waals surface area (Å²) < 4.78 is 17.9. The number of aliphatic hydroxyl groups excluding tert-OH is 1. The highest BCUT2D eigenvalue weighted by molar-refractivity contribution is 5.99. The number of anilines is 2. The standard InChI is InChI=1S/C36H55N5O7/c1-25-22-41(26(2)24-42)35(44)31-21-29(37-34(43)12-10-19-39(4)5)15-18-32(31)48-27(3)11-8-9-20-47-33(25)23-40(6)36(45)38-28-13-16-30(46-7)17-14-28/h13-18,21,25-27,33,42H,8-12,19-20,22-24H2,1-7H3,(H,37,43)(H,38,45)/t25-,26-,27+,33+/m1/s1. The number of hydrogen-bond donors (Lipinski definition) is 3. The number of urea groups is 1. The van der Waals surface area contributed by atoms with Crippen LogP contribution in [0, 0.1) is 5.92 Å². The SMILES string of the molecule is COc1ccc(NC(=O)N(C)C[C@@H]2OCCCC[C@H](C)Oc3ccc(NC(=O)CCCN(C)C)cc3C(=O)N([C@H](C)CO)C[C@H]2C)cc1. The third-order valence-corrected chi connectivity index (χ3v) is 8.49. The van der Waals surface area contributed by atoms with Gasteiger partial charge in [-0.05, 0) is 103 Å². The number of benzene rings is 2. The number of fused-ring (bicyclic) bond motifs is 1. The van der Waals surface area contributed by atoms with E-state index in [9.17, 15) is 19.5 Å². The molecule has 0 fully saturated rings. The van der Waals surface area contributed by atoms with Gasteiger partial charge in [0.1, 0.15) is 11.5 Å². The average molecular weight is 670 g/mol. The number of hydrogen-bond acceptors (Lipinski definition) is 8. The number of nitrogens with one attached hydrogen (secondary N) is 2. The lowest BCUT2D eigenvalue weighted by Crippen LogP contribution is -2.48. The molecule has 0 bridgehead atoms. The Morgan fingerprint density at radius 3 is 2.44 bits per heavy atom. The summed E-state index contributed by atoms with van der Waals surface area (Å²) in [6.07, 6.45) is 2.93. The molecule has 0 saturated carbocycles. The van der Waals surface area contributed by atoms with Gasteiger partial charge in [0.2, 0.25) is 5.91 Å². The normalized spacial score (nSPS) is 19.8. The second kappa shape index (κ2) is 19.2. The summed E-state index contributed by atoms with van der Waals surface area (Å²) >= 11 is 0. The Hall–Kier alpha value is -3.87. The van der Waals surface area contributed by atoms with Crippen molar-refractivity contribution in [3.8, 4) is 11.5 Å². The van der Waals surface area contributed by atoms with Crippen molar-refractivity contribution in [2.24, 2.45) is 5.92 Å². The van der Waals surface area contributed by atoms with E-state index in [0.717, 1.165) is 25.8 Å². The molecule has 1 aliphatic rings. The van der Waals surface area contributed by atoms with E-state index >= 15 is 0 Å². The summed E-state index contributed by atoms with van der Waals surface area (Å²) in [5.41, 5.74) is 1.45. The number of amides is 4. The topological polar surface area (TPSA) is 133 Å².